The predicted molar refractivity (Wildman–Crippen MR) is 78.4 cm³/mol. The van der Waals surface area contributed by atoms with Crippen LogP contribution in [0, 0.1) is 0 Å². The highest BCUT2D eigenvalue weighted by Gasteiger charge is 2.20. The van der Waals surface area contributed by atoms with Gasteiger partial charge in [-0.2, -0.15) is 0 Å². The Morgan fingerprint density at radius 3 is 3.05 bits per heavy atom. The van der Waals surface area contributed by atoms with Crippen molar-refractivity contribution in [1.29, 1.82) is 0 Å². The highest BCUT2D eigenvalue weighted by atomic mass is 16.5. The number of rotatable bonds is 2. The minimum absolute atomic E-state index is 0.238. The number of nitrogens with two attached hydrogens (primary N) is 1. The number of pyridine rings is 1. The van der Waals surface area contributed by atoms with E-state index in [1.807, 2.05) is 18.2 Å². The summed E-state index contributed by atoms with van der Waals surface area (Å²) in [4.78, 5) is 8.86. The van der Waals surface area contributed by atoms with Crippen LogP contribution < -0.4 is 5.73 Å². The van der Waals surface area contributed by atoms with Crippen LogP contribution in [0.25, 0.3) is 21.9 Å². The topological polar surface area (TPSA) is 66.0 Å². The SMILES string of the molecule is Nc1nc2cnc3ccccc3c2n1CC1CCCO1. The Morgan fingerprint density at radius 1 is 1.30 bits per heavy atom. The maximum atomic E-state index is 6.09. The van der Waals surface area contributed by atoms with E-state index in [2.05, 4.69) is 20.6 Å². The molecule has 1 aliphatic heterocycles. The Morgan fingerprint density at radius 2 is 2.20 bits per heavy atom. The Labute approximate surface area is 116 Å². The van der Waals surface area contributed by atoms with E-state index in [1.165, 1.54) is 0 Å². The van der Waals surface area contributed by atoms with Crippen LogP contribution in [0.4, 0.5) is 5.95 Å². The summed E-state index contributed by atoms with van der Waals surface area (Å²) >= 11 is 0. The maximum absolute atomic E-state index is 6.09. The van der Waals surface area contributed by atoms with E-state index >= 15 is 0 Å². The number of nitrogen functional groups attached to an aromatic ring is 1. The average Bonchev–Trinajstić information content (AvgIpc) is 3.08. The third-order valence-electron chi connectivity index (χ3n) is 3.92. The van der Waals surface area contributed by atoms with Gasteiger partial charge < -0.3 is 15.0 Å². The molecule has 5 nitrogen and oxygen atoms in total. The van der Waals surface area contributed by atoms with Crippen LogP contribution in [0.3, 0.4) is 0 Å². The normalized spacial score (nSPS) is 19.1. The largest absolute Gasteiger partial charge is 0.376 e. The van der Waals surface area contributed by atoms with Crippen molar-refractivity contribution in [3.63, 3.8) is 0 Å². The molecule has 1 saturated heterocycles. The number of imidazole rings is 1. The van der Waals surface area contributed by atoms with E-state index in [9.17, 15) is 0 Å². The molecule has 2 N–H and O–H groups in total. The smallest absolute Gasteiger partial charge is 0.201 e. The molecular weight excluding hydrogens is 252 g/mol. The fraction of sp³-hybridized carbons (Fsp3) is 0.333. The summed E-state index contributed by atoms with van der Waals surface area (Å²) in [5.74, 6) is 0.536. The van der Waals surface area contributed by atoms with Crippen LogP contribution >= 0.6 is 0 Å². The van der Waals surface area contributed by atoms with Crippen LogP contribution in [0.1, 0.15) is 12.8 Å². The number of nitrogens with zero attached hydrogens (tertiary/aromatic N) is 3. The third kappa shape index (κ3) is 1.74. The number of para-hydroxylation sites is 1. The molecule has 20 heavy (non-hydrogen) atoms. The van der Waals surface area contributed by atoms with Gasteiger partial charge in [0.1, 0.15) is 5.52 Å². The molecule has 1 atom stereocenters. The molecular formula is C15H16N4O. The van der Waals surface area contributed by atoms with Gasteiger partial charge in [-0.25, -0.2) is 4.98 Å². The first-order chi connectivity index (χ1) is 9.83. The van der Waals surface area contributed by atoms with E-state index < -0.39 is 0 Å². The third-order valence-corrected chi connectivity index (χ3v) is 3.92. The van der Waals surface area contributed by atoms with E-state index in [1.54, 1.807) is 6.20 Å². The zero-order chi connectivity index (χ0) is 13.5. The summed E-state index contributed by atoms with van der Waals surface area (Å²) in [7, 11) is 0. The van der Waals surface area contributed by atoms with Crippen molar-refractivity contribution < 1.29 is 4.74 Å². The Kier molecular flexibility index (Phi) is 2.60. The molecule has 0 amide bonds. The second kappa shape index (κ2) is 4.45. The number of ether oxygens (including phenoxy) is 1. The van der Waals surface area contributed by atoms with Crippen LogP contribution in [0.5, 0.6) is 0 Å². The van der Waals surface area contributed by atoms with Gasteiger partial charge in [0.15, 0.2) is 0 Å². The zero-order valence-corrected chi connectivity index (χ0v) is 11.1. The van der Waals surface area contributed by atoms with Crippen molar-refractivity contribution in [3.05, 3.63) is 30.5 Å². The highest BCUT2D eigenvalue weighted by Crippen LogP contribution is 2.27. The molecule has 0 spiro atoms. The molecule has 0 aliphatic carbocycles. The number of anilines is 1. The average molecular weight is 268 g/mol. The van der Waals surface area contributed by atoms with E-state index in [-0.39, 0.29) is 6.10 Å². The number of aromatic nitrogens is 3. The first-order valence-corrected chi connectivity index (χ1v) is 6.94. The summed E-state index contributed by atoms with van der Waals surface area (Å²) in [5.41, 5.74) is 8.96. The van der Waals surface area contributed by atoms with Crippen LogP contribution in [-0.2, 0) is 11.3 Å². The first kappa shape index (κ1) is 11.7. The van der Waals surface area contributed by atoms with E-state index in [4.69, 9.17) is 10.5 Å². The van der Waals surface area contributed by atoms with Gasteiger partial charge in [-0.1, -0.05) is 18.2 Å². The molecule has 5 heteroatoms. The van der Waals surface area contributed by atoms with Crippen molar-refractivity contribution in [2.45, 2.75) is 25.5 Å². The lowest BCUT2D eigenvalue weighted by Crippen LogP contribution is -2.16. The fourth-order valence-corrected chi connectivity index (χ4v) is 2.96. The maximum Gasteiger partial charge on any atom is 0.201 e. The molecule has 1 unspecified atom stereocenters. The minimum Gasteiger partial charge on any atom is -0.376 e. The minimum atomic E-state index is 0.238. The summed E-state index contributed by atoms with van der Waals surface area (Å²) in [6, 6.07) is 8.08. The Hall–Kier alpha value is -2.14. The summed E-state index contributed by atoms with van der Waals surface area (Å²) in [5, 5.41) is 1.09. The molecule has 3 heterocycles. The second-order valence-electron chi connectivity index (χ2n) is 5.22. The molecule has 1 aliphatic rings. The van der Waals surface area contributed by atoms with E-state index in [0.29, 0.717) is 5.95 Å². The monoisotopic (exact) mass is 268 g/mol. The van der Waals surface area contributed by atoms with Crippen molar-refractivity contribution in [2.75, 3.05) is 12.3 Å². The van der Waals surface area contributed by atoms with Gasteiger partial charge in [0.2, 0.25) is 5.95 Å². The Balaban J connectivity index is 1.93. The van der Waals surface area contributed by atoms with Gasteiger partial charge in [0, 0.05) is 12.0 Å². The van der Waals surface area contributed by atoms with Gasteiger partial charge in [-0.3, -0.25) is 4.98 Å². The van der Waals surface area contributed by atoms with Crippen molar-refractivity contribution in [3.8, 4) is 0 Å². The molecule has 3 aromatic rings. The van der Waals surface area contributed by atoms with Crippen LogP contribution in [0.15, 0.2) is 30.5 Å². The van der Waals surface area contributed by atoms with Gasteiger partial charge in [-0.05, 0) is 18.9 Å². The molecule has 2 aromatic heterocycles. The van der Waals surface area contributed by atoms with Crippen molar-refractivity contribution in [1.82, 2.24) is 14.5 Å². The lowest BCUT2D eigenvalue weighted by molar-refractivity contribution is 0.0984. The van der Waals surface area contributed by atoms with E-state index in [0.717, 1.165) is 47.9 Å². The van der Waals surface area contributed by atoms with Gasteiger partial charge >= 0.3 is 0 Å². The number of hydrogen-bond acceptors (Lipinski definition) is 4. The molecule has 1 fully saturated rings. The standard InChI is InChI=1S/C15H16N4O/c16-15-18-13-8-17-12-6-2-1-5-11(12)14(13)19(15)9-10-4-3-7-20-10/h1-2,5-6,8,10H,3-4,7,9H2,(H2,16,18). The molecule has 0 bridgehead atoms. The molecule has 0 radical (unpaired) electrons. The van der Waals surface area contributed by atoms with Crippen molar-refractivity contribution in [2.24, 2.45) is 0 Å². The second-order valence-corrected chi connectivity index (χ2v) is 5.22. The first-order valence-electron chi connectivity index (χ1n) is 6.94. The predicted octanol–water partition coefficient (Wildman–Crippen LogP) is 2.35. The number of benzene rings is 1. The number of fused-ring (bicyclic) bond motifs is 3. The summed E-state index contributed by atoms with van der Waals surface area (Å²) in [6.07, 6.45) is 4.24. The summed E-state index contributed by atoms with van der Waals surface area (Å²) in [6.45, 7) is 1.61. The number of hydrogen-bond donors (Lipinski definition) is 1. The quantitative estimate of drug-likeness (QED) is 0.774. The van der Waals surface area contributed by atoms with Gasteiger partial charge in [-0.15, -0.1) is 0 Å². The molecule has 0 saturated carbocycles. The lowest BCUT2D eigenvalue weighted by atomic mass is 10.2. The Bertz CT molecular complexity index is 774. The molecule has 1 aromatic carbocycles. The summed E-state index contributed by atoms with van der Waals surface area (Å²) < 4.78 is 7.79. The van der Waals surface area contributed by atoms with Crippen LogP contribution in [0.2, 0.25) is 0 Å². The van der Waals surface area contributed by atoms with Crippen LogP contribution in [-0.4, -0.2) is 27.2 Å². The fourth-order valence-electron chi connectivity index (χ4n) is 2.96. The van der Waals surface area contributed by atoms with Gasteiger partial charge in [0.05, 0.1) is 29.9 Å². The zero-order valence-electron chi connectivity index (χ0n) is 11.1. The lowest BCUT2D eigenvalue weighted by Gasteiger charge is -2.13. The molecule has 4 rings (SSSR count). The van der Waals surface area contributed by atoms with Crippen molar-refractivity contribution >= 4 is 27.9 Å². The highest BCUT2D eigenvalue weighted by molar-refractivity contribution is 6.02. The molecule has 102 valence electrons. The van der Waals surface area contributed by atoms with Gasteiger partial charge in [0.25, 0.3) is 0 Å².